The molecule has 0 aliphatic heterocycles. The maximum Gasteiger partial charge on any atom is 0.0991 e. The average molecular weight is 314 g/mol. The first-order valence-corrected chi connectivity index (χ1v) is 8.24. The van der Waals surface area contributed by atoms with Crippen molar-refractivity contribution in [3.8, 4) is 0 Å². The van der Waals surface area contributed by atoms with Crippen molar-refractivity contribution < 1.29 is 0 Å². The van der Waals surface area contributed by atoms with Gasteiger partial charge in [0.25, 0.3) is 0 Å². The van der Waals surface area contributed by atoms with Crippen LogP contribution in [-0.2, 0) is 0 Å². The highest BCUT2D eigenvalue weighted by atomic mass is 35.5. The minimum atomic E-state index is 0.0115. The minimum Gasteiger partial charge on any atom is -0.118 e. The van der Waals surface area contributed by atoms with Crippen LogP contribution in [0.15, 0.2) is 6.07 Å². The Morgan fingerprint density at radius 2 is 1.76 bits per heavy atom. The minimum absolute atomic E-state index is 0.0115. The second-order valence-electron chi connectivity index (χ2n) is 4.30. The van der Waals surface area contributed by atoms with E-state index in [9.17, 15) is 0 Å². The SMILES string of the molecule is CCCCCCCCC(Cl)c1cc(Cl)sc1Cl. The Labute approximate surface area is 123 Å². The predicted octanol–water partition coefficient (Wildman–Crippen LogP) is 7.09. The van der Waals surface area contributed by atoms with Gasteiger partial charge in [-0.2, -0.15) is 0 Å². The molecule has 0 aliphatic carbocycles. The molecular formula is C13H19Cl3S. The van der Waals surface area contributed by atoms with E-state index in [0.29, 0.717) is 0 Å². The lowest BCUT2D eigenvalue weighted by molar-refractivity contribution is 0.585. The van der Waals surface area contributed by atoms with E-state index in [4.69, 9.17) is 34.8 Å². The third kappa shape index (κ3) is 5.83. The molecule has 1 atom stereocenters. The van der Waals surface area contributed by atoms with E-state index in [1.807, 2.05) is 6.07 Å². The molecule has 0 amide bonds. The first kappa shape index (κ1) is 15.6. The highest BCUT2D eigenvalue weighted by Crippen LogP contribution is 2.39. The maximum atomic E-state index is 6.33. The third-order valence-corrected chi connectivity index (χ3v) is 4.80. The zero-order valence-electron chi connectivity index (χ0n) is 10.1. The fourth-order valence-corrected chi connectivity index (χ4v) is 3.85. The van der Waals surface area contributed by atoms with Gasteiger partial charge in [0.05, 0.1) is 14.0 Å². The highest BCUT2D eigenvalue weighted by Gasteiger charge is 2.14. The summed E-state index contributed by atoms with van der Waals surface area (Å²) in [4.78, 5) is 0. The van der Waals surface area contributed by atoms with E-state index < -0.39 is 0 Å². The van der Waals surface area contributed by atoms with Crippen molar-refractivity contribution >= 4 is 46.1 Å². The van der Waals surface area contributed by atoms with Crippen molar-refractivity contribution in [3.63, 3.8) is 0 Å². The summed E-state index contributed by atoms with van der Waals surface area (Å²) in [5.41, 5.74) is 0.997. The largest absolute Gasteiger partial charge is 0.118 e. The van der Waals surface area contributed by atoms with Crippen LogP contribution in [-0.4, -0.2) is 0 Å². The van der Waals surface area contributed by atoms with Gasteiger partial charge in [-0.3, -0.25) is 0 Å². The first-order valence-electron chi connectivity index (χ1n) is 6.24. The first-order chi connectivity index (χ1) is 8.15. The molecule has 4 heteroatoms. The van der Waals surface area contributed by atoms with Crippen LogP contribution in [0.25, 0.3) is 0 Å². The van der Waals surface area contributed by atoms with Crippen molar-refractivity contribution in [3.05, 3.63) is 20.3 Å². The van der Waals surface area contributed by atoms with Gasteiger partial charge in [0.2, 0.25) is 0 Å². The molecule has 0 radical (unpaired) electrons. The van der Waals surface area contributed by atoms with Gasteiger partial charge in [0.15, 0.2) is 0 Å². The summed E-state index contributed by atoms with van der Waals surface area (Å²) < 4.78 is 1.46. The van der Waals surface area contributed by atoms with Gasteiger partial charge in [-0.15, -0.1) is 22.9 Å². The van der Waals surface area contributed by atoms with Crippen LogP contribution in [0, 0.1) is 0 Å². The predicted molar refractivity (Wildman–Crippen MR) is 80.9 cm³/mol. The van der Waals surface area contributed by atoms with Gasteiger partial charge in [-0.05, 0) is 12.5 Å². The van der Waals surface area contributed by atoms with Gasteiger partial charge < -0.3 is 0 Å². The van der Waals surface area contributed by atoms with E-state index in [2.05, 4.69) is 6.92 Å². The summed E-state index contributed by atoms with van der Waals surface area (Å²) in [6.07, 6.45) is 8.71. The Balaban J connectivity index is 2.21. The zero-order valence-corrected chi connectivity index (χ0v) is 13.2. The molecule has 0 fully saturated rings. The lowest BCUT2D eigenvalue weighted by Crippen LogP contribution is -1.89. The molecule has 0 bridgehead atoms. The molecule has 98 valence electrons. The van der Waals surface area contributed by atoms with Crippen molar-refractivity contribution in [2.45, 2.75) is 57.2 Å². The quantitative estimate of drug-likeness (QED) is 0.355. The molecule has 17 heavy (non-hydrogen) atoms. The number of halogens is 3. The zero-order chi connectivity index (χ0) is 12.7. The Hall–Kier alpha value is 0.570. The smallest absolute Gasteiger partial charge is 0.0991 e. The number of alkyl halides is 1. The monoisotopic (exact) mass is 312 g/mol. The van der Waals surface area contributed by atoms with E-state index in [-0.39, 0.29) is 5.38 Å². The number of unbranched alkanes of at least 4 members (excludes halogenated alkanes) is 5. The van der Waals surface area contributed by atoms with Gasteiger partial charge in [0.1, 0.15) is 0 Å². The number of hydrogen-bond acceptors (Lipinski definition) is 1. The van der Waals surface area contributed by atoms with Gasteiger partial charge in [0, 0.05) is 5.56 Å². The van der Waals surface area contributed by atoms with Crippen LogP contribution >= 0.6 is 46.1 Å². The molecule has 1 aromatic rings. The van der Waals surface area contributed by atoms with E-state index in [1.54, 1.807) is 0 Å². The summed E-state index contributed by atoms with van der Waals surface area (Å²) in [5.74, 6) is 0. The lowest BCUT2D eigenvalue weighted by Gasteiger charge is -2.08. The highest BCUT2D eigenvalue weighted by molar-refractivity contribution is 7.20. The van der Waals surface area contributed by atoms with Crippen LogP contribution in [0.2, 0.25) is 8.67 Å². The summed E-state index contributed by atoms with van der Waals surface area (Å²) >= 11 is 19.7. The van der Waals surface area contributed by atoms with Crippen LogP contribution in [0.3, 0.4) is 0 Å². The molecular weight excluding hydrogens is 295 g/mol. The summed E-state index contributed by atoms with van der Waals surface area (Å²) in [5, 5.41) is 0.0115. The van der Waals surface area contributed by atoms with Crippen molar-refractivity contribution in [1.82, 2.24) is 0 Å². The summed E-state index contributed by atoms with van der Waals surface area (Å²) in [7, 11) is 0. The van der Waals surface area contributed by atoms with Crippen LogP contribution in [0.5, 0.6) is 0 Å². The number of hydrogen-bond donors (Lipinski definition) is 0. The molecule has 1 rings (SSSR count). The molecule has 0 saturated carbocycles. The van der Waals surface area contributed by atoms with E-state index in [1.165, 1.54) is 49.9 Å². The second-order valence-corrected chi connectivity index (χ2v) is 7.12. The molecule has 0 aromatic carbocycles. The van der Waals surface area contributed by atoms with Crippen molar-refractivity contribution in [2.24, 2.45) is 0 Å². The fraction of sp³-hybridized carbons (Fsp3) is 0.692. The van der Waals surface area contributed by atoms with E-state index in [0.717, 1.165) is 20.7 Å². The normalized spacial score (nSPS) is 12.9. The molecule has 1 aromatic heterocycles. The lowest BCUT2D eigenvalue weighted by atomic mass is 10.1. The van der Waals surface area contributed by atoms with Crippen LogP contribution in [0.1, 0.15) is 62.8 Å². The van der Waals surface area contributed by atoms with Crippen molar-refractivity contribution in [2.75, 3.05) is 0 Å². The molecule has 0 N–H and O–H groups in total. The average Bonchev–Trinajstić information content (AvgIpc) is 2.62. The topological polar surface area (TPSA) is 0 Å². The molecule has 0 spiro atoms. The molecule has 0 aliphatic rings. The van der Waals surface area contributed by atoms with Gasteiger partial charge in [-0.25, -0.2) is 0 Å². The van der Waals surface area contributed by atoms with Crippen molar-refractivity contribution in [1.29, 1.82) is 0 Å². The molecule has 1 unspecified atom stereocenters. The number of rotatable bonds is 8. The Morgan fingerprint density at radius 1 is 1.12 bits per heavy atom. The Kier molecular flexibility index (Phi) is 7.94. The number of thiophene rings is 1. The summed E-state index contributed by atoms with van der Waals surface area (Å²) in [6, 6.07) is 1.89. The van der Waals surface area contributed by atoms with Crippen LogP contribution in [0.4, 0.5) is 0 Å². The summed E-state index contributed by atoms with van der Waals surface area (Å²) in [6.45, 7) is 2.23. The molecule has 0 saturated heterocycles. The van der Waals surface area contributed by atoms with Gasteiger partial charge in [-0.1, -0.05) is 68.7 Å². The second kappa shape index (κ2) is 8.63. The van der Waals surface area contributed by atoms with Gasteiger partial charge >= 0.3 is 0 Å². The maximum absolute atomic E-state index is 6.33. The third-order valence-electron chi connectivity index (χ3n) is 2.83. The molecule has 0 nitrogen and oxygen atoms in total. The van der Waals surface area contributed by atoms with E-state index >= 15 is 0 Å². The Morgan fingerprint density at radius 3 is 2.35 bits per heavy atom. The fourth-order valence-electron chi connectivity index (χ4n) is 1.83. The standard InChI is InChI=1S/C13H19Cl3S/c1-2-3-4-5-6-7-8-11(14)10-9-12(15)17-13(10)16/h9,11H,2-8H2,1H3. The molecule has 1 heterocycles. The van der Waals surface area contributed by atoms with Crippen LogP contribution < -0.4 is 0 Å². The Bertz CT molecular complexity index is 322.